The molecule has 5 heteroatoms. The van der Waals surface area contributed by atoms with Gasteiger partial charge >= 0.3 is 0 Å². The molecule has 0 amide bonds. The fraction of sp³-hybridized carbons (Fsp3) is 0.571. The molecule has 2 fully saturated rings. The molecule has 19 heavy (non-hydrogen) atoms. The van der Waals surface area contributed by atoms with E-state index in [1.54, 1.807) is 13.0 Å². The Hall–Kier alpha value is -0.940. The number of aliphatic hydroxyl groups is 1. The predicted molar refractivity (Wildman–Crippen MR) is 70.0 cm³/mol. The van der Waals surface area contributed by atoms with Gasteiger partial charge in [-0.15, -0.1) is 0 Å². The van der Waals surface area contributed by atoms with E-state index in [1.165, 1.54) is 12.1 Å². The summed E-state index contributed by atoms with van der Waals surface area (Å²) in [4.78, 5) is 0. The van der Waals surface area contributed by atoms with Crippen LogP contribution in [0.5, 0.6) is 0 Å². The minimum absolute atomic E-state index is 0.189. The first-order valence-corrected chi connectivity index (χ1v) is 8.15. The number of aryl methyl sites for hydroxylation is 1. The third-order valence-electron chi connectivity index (χ3n) is 4.45. The summed E-state index contributed by atoms with van der Waals surface area (Å²) in [6.07, 6.45) is 1.61. The molecule has 0 saturated carbocycles. The van der Waals surface area contributed by atoms with E-state index in [9.17, 15) is 17.9 Å². The molecule has 2 aliphatic rings. The Morgan fingerprint density at radius 2 is 1.79 bits per heavy atom. The van der Waals surface area contributed by atoms with Gasteiger partial charge < -0.3 is 5.11 Å². The summed E-state index contributed by atoms with van der Waals surface area (Å²) in [6.45, 7) is 1.77. The Bertz CT molecular complexity index is 583. The van der Waals surface area contributed by atoms with Crippen molar-refractivity contribution in [2.45, 2.75) is 48.7 Å². The van der Waals surface area contributed by atoms with Crippen LogP contribution >= 0.6 is 0 Å². The molecule has 3 nitrogen and oxygen atoms in total. The van der Waals surface area contributed by atoms with E-state index in [0.717, 1.165) is 5.56 Å². The topological polar surface area (TPSA) is 54.4 Å². The second-order valence-electron chi connectivity index (χ2n) is 5.87. The highest BCUT2D eigenvalue weighted by Gasteiger charge is 2.53. The van der Waals surface area contributed by atoms with Crippen LogP contribution in [0.25, 0.3) is 0 Å². The summed E-state index contributed by atoms with van der Waals surface area (Å²) < 4.78 is 37.6. The highest BCUT2D eigenvalue weighted by molar-refractivity contribution is 7.93. The number of hydrogen-bond donors (Lipinski definition) is 1. The smallest absolute Gasteiger partial charge is 0.156 e. The molecule has 1 aromatic rings. The molecule has 2 atom stereocenters. The van der Waals surface area contributed by atoms with Crippen molar-refractivity contribution in [3.8, 4) is 0 Å². The minimum Gasteiger partial charge on any atom is -0.385 e. The Morgan fingerprint density at radius 1 is 1.21 bits per heavy atom. The largest absolute Gasteiger partial charge is 0.385 e. The first kappa shape index (κ1) is 13.1. The fourth-order valence-corrected chi connectivity index (χ4v) is 5.98. The molecule has 0 aliphatic carbocycles. The van der Waals surface area contributed by atoms with E-state index in [1.807, 2.05) is 0 Å². The monoisotopic (exact) mass is 284 g/mol. The van der Waals surface area contributed by atoms with E-state index < -0.39 is 25.9 Å². The molecule has 3 rings (SSSR count). The molecule has 2 aliphatic heterocycles. The number of benzene rings is 1. The van der Waals surface area contributed by atoms with Gasteiger partial charge in [0.1, 0.15) is 5.82 Å². The number of fused-ring (bicyclic) bond motifs is 2. The molecular formula is C14H17FO3S. The lowest BCUT2D eigenvalue weighted by atomic mass is 9.85. The van der Waals surface area contributed by atoms with Crippen molar-refractivity contribution in [3.63, 3.8) is 0 Å². The highest BCUT2D eigenvalue weighted by Crippen LogP contribution is 2.47. The molecule has 0 radical (unpaired) electrons. The number of sulfone groups is 1. The van der Waals surface area contributed by atoms with Crippen LogP contribution in [-0.4, -0.2) is 24.0 Å². The Balaban J connectivity index is 2.02. The average Bonchev–Trinajstić information content (AvgIpc) is 2.49. The van der Waals surface area contributed by atoms with Crippen LogP contribution in [0.4, 0.5) is 4.39 Å². The van der Waals surface area contributed by atoms with Crippen molar-refractivity contribution in [3.05, 3.63) is 35.1 Å². The SMILES string of the molecule is Cc1cc(F)cc(C2(O)CC3CCC(C2)S3(=O)=O)c1. The zero-order valence-electron chi connectivity index (χ0n) is 10.8. The van der Waals surface area contributed by atoms with E-state index in [-0.39, 0.29) is 18.7 Å². The van der Waals surface area contributed by atoms with Crippen molar-refractivity contribution in [1.29, 1.82) is 0 Å². The number of halogens is 1. The van der Waals surface area contributed by atoms with Crippen molar-refractivity contribution in [2.75, 3.05) is 0 Å². The van der Waals surface area contributed by atoms with Gasteiger partial charge in [-0.25, -0.2) is 12.8 Å². The van der Waals surface area contributed by atoms with Gasteiger partial charge in [0.15, 0.2) is 9.84 Å². The summed E-state index contributed by atoms with van der Waals surface area (Å²) >= 11 is 0. The fourth-order valence-electron chi connectivity index (χ4n) is 3.49. The predicted octanol–water partition coefficient (Wildman–Crippen LogP) is 2.06. The maximum atomic E-state index is 13.5. The molecule has 0 aromatic heterocycles. The van der Waals surface area contributed by atoms with Crippen molar-refractivity contribution >= 4 is 9.84 Å². The van der Waals surface area contributed by atoms with Gasteiger partial charge in [0.05, 0.1) is 16.1 Å². The maximum absolute atomic E-state index is 13.5. The normalized spacial score (nSPS) is 36.4. The molecule has 1 N–H and O–H groups in total. The molecule has 0 spiro atoms. The highest BCUT2D eigenvalue weighted by atomic mass is 32.2. The second-order valence-corrected chi connectivity index (χ2v) is 8.38. The Morgan fingerprint density at radius 3 is 2.32 bits per heavy atom. The summed E-state index contributed by atoms with van der Waals surface area (Å²) in [5, 5.41) is 9.83. The molecule has 2 saturated heterocycles. The molecule has 2 bridgehead atoms. The molecule has 2 heterocycles. The first-order valence-electron chi connectivity index (χ1n) is 6.54. The van der Waals surface area contributed by atoms with E-state index in [2.05, 4.69) is 0 Å². The lowest BCUT2D eigenvalue weighted by Gasteiger charge is -2.36. The zero-order valence-corrected chi connectivity index (χ0v) is 11.6. The van der Waals surface area contributed by atoms with Crippen molar-refractivity contribution < 1.29 is 17.9 Å². The van der Waals surface area contributed by atoms with Crippen LogP contribution in [0.2, 0.25) is 0 Å². The Kier molecular flexibility index (Phi) is 2.77. The van der Waals surface area contributed by atoms with Crippen LogP contribution in [0, 0.1) is 12.7 Å². The van der Waals surface area contributed by atoms with Crippen LogP contribution in [0.15, 0.2) is 18.2 Å². The quantitative estimate of drug-likeness (QED) is 0.859. The zero-order chi connectivity index (χ0) is 13.8. The first-order chi connectivity index (χ1) is 8.81. The average molecular weight is 284 g/mol. The summed E-state index contributed by atoms with van der Waals surface area (Å²) in [5.41, 5.74) is 0.0466. The van der Waals surface area contributed by atoms with Crippen LogP contribution in [0.1, 0.15) is 36.8 Å². The minimum atomic E-state index is -3.08. The third kappa shape index (κ3) is 1.99. The number of rotatable bonds is 1. The summed E-state index contributed by atoms with van der Waals surface area (Å²) in [7, 11) is -3.08. The molecule has 104 valence electrons. The second kappa shape index (κ2) is 4.03. The van der Waals surface area contributed by atoms with Gasteiger partial charge in [-0.1, -0.05) is 6.07 Å². The van der Waals surface area contributed by atoms with Gasteiger partial charge in [-0.2, -0.15) is 0 Å². The van der Waals surface area contributed by atoms with Crippen LogP contribution < -0.4 is 0 Å². The lowest BCUT2D eigenvalue weighted by molar-refractivity contribution is 0.0170. The van der Waals surface area contributed by atoms with Crippen LogP contribution in [0.3, 0.4) is 0 Å². The molecule has 2 unspecified atom stereocenters. The third-order valence-corrected chi connectivity index (χ3v) is 7.11. The van der Waals surface area contributed by atoms with E-state index in [0.29, 0.717) is 18.4 Å². The van der Waals surface area contributed by atoms with E-state index >= 15 is 0 Å². The van der Waals surface area contributed by atoms with Gasteiger partial charge in [0, 0.05) is 0 Å². The van der Waals surface area contributed by atoms with Gasteiger partial charge in [-0.05, 0) is 55.9 Å². The summed E-state index contributed by atoms with van der Waals surface area (Å²) in [6, 6.07) is 4.48. The maximum Gasteiger partial charge on any atom is 0.156 e. The Labute approximate surface area is 112 Å². The van der Waals surface area contributed by atoms with Crippen LogP contribution in [-0.2, 0) is 15.4 Å². The van der Waals surface area contributed by atoms with Crippen molar-refractivity contribution in [2.24, 2.45) is 0 Å². The van der Waals surface area contributed by atoms with Gasteiger partial charge in [0.2, 0.25) is 0 Å². The van der Waals surface area contributed by atoms with Gasteiger partial charge in [0.25, 0.3) is 0 Å². The van der Waals surface area contributed by atoms with E-state index in [4.69, 9.17) is 0 Å². The molecule has 1 aromatic carbocycles. The summed E-state index contributed by atoms with van der Waals surface area (Å²) in [5.74, 6) is -0.385. The van der Waals surface area contributed by atoms with Crippen molar-refractivity contribution in [1.82, 2.24) is 0 Å². The number of hydrogen-bond acceptors (Lipinski definition) is 3. The van der Waals surface area contributed by atoms with Gasteiger partial charge in [-0.3, -0.25) is 0 Å². The lowest BCUT2D eigenvalue weighted by Crippen LogP contribution is -2.43. The standard InChI is InChI=1S/C14H17FO3S/c1-9-4-10(6-11(15)5-9)14(16)7-12-2-3-13(8-14)19(12,17)18/h4-6,12-13,16H,2-3,7-8H2,1H3. The molecular weight excluding hydrogens is 267 g/mol.